The van der Waals surface area contributed by atoms with Crippen molar-refractivity contribution in [2.75, 3.05) is 4.72 Å². The summed E-state index contributed by atoms with van der Waals surface area (Å²) >= 11 is 5.88. The molecule has 0 heterocycles. The van der Waals surface area contributed by atoms with Crippen LogP contribution in [0, 0.1) is 25.2 Å². The lowest BCUT2D eigenvalue weighted by atomic mass is 10.1. The van der Waals surface area contributed by atoms with Gasteiger partial charge in [0.25, 0.3) is 10.0 Å². The zero-order valence-electron chi connectivity index (χ0n) is 11.5. The van der Waals surface area contributed by atoms with Gasteiger partial charge in [0.2, 0.25) is 0 Å². The topological polar surface area (TPSA) is 70.0 Å². The molecule has 0 fully saturated rings. The smallest absolute Gasteiger partial charge is 0.261 e. The van der Waals surface area contributed by atoms with Gasteiger partial charge in [-0.2, -0.15) is 5.26 Å². The molecule has 108 valence electrons. The van der Waals surface area contributed by atoms with Gasteiger partial charge in [0.05, 0.1) is 21.2 Å². The molecule has 6 heteroatoms. The predicted octanol–water partition coefficient (Wildman–Crippen LogP) is 3.63. The van der Waals surface area contributed by atoms with Crippen LogP contribution in [-0.2, 0) is 10.0 Å². The van der Waals surface area contributed by atoms with E-state index in [0.717, 1.165) is 11.1 Å². The fourth-order valence-corrected chi connectivity index (χ4v) is 3.33. The van der Waals surface area contributed by atoms with E-state index in [2.05, 4.69) is 4.72 Å². The maximum absolute atomic E-state index is 12.3. The van der Waals surface area contributed by atoms with Crippen LogP contribution in [0.1, 0.15) is 16.7 Å². The number of nitriles is 1. The second-order valence-corrected chi connectivity index (χ2v) is 6.77. The Hall–Kier alpha value is -2.03. The minimum atomic E-state index is -3.74. The summed E-state index contributed by atoms with van der Waals surface area (Å²) in [5.74, 6) is 0. The maximum atomic E-state index is 12.3. The first-order chi connectivity index (χ1) is 9.83. The molecular formula is C15H13ClN2O2S. The predicted molar refractivity (Wildman–Crippen MR) is 82.9 cm³/mol. The summed E-state index contributed by atoms with van der Waals surface area (Å²) in [4.78, 5) is 0.0199. The summed E-state index contributed by atoms with van der Waals surface area (Å²) in [7, 11) is -3.74. The van der Waals surface area contributed by atoms with E-state index >= 15 is 0 Å². The van der Waals surface area contributed by atoms with Crippen molar-refractivity contribution in [3.63, 3.8) is 0 Å². The lowest BCUT2D eigenvalue weighted by Crippen LogP contribution is -2.14. The number of anilines is 1. The van der Waals surface area contributed by atoms with E-state index in [9.17, 15) is 8.42 Å². The number of hydrogen-bond donors (Lipinski definition) is 1. The summed E-state index contributed by atoms with van der Waals surface area (Å²) < 4.78 is 27.2. The number of halogens is 1. The van der Waals surface area contributed by atoms with Gasteiger partial charge in [-0.1, -0.05) is 29.3 Å². The third-order valence-electron chi connectivity index (χ3n) is 3.00. The Morgan fingerprint density at radius 1 is 1.14 bits per heavy atom. The van der Waals surface area contributed by atoms with Crippen LogP contribution >= 0.6 is 11.6 Å². The van der Waals surface area contributed by atoms with Gasteiger partial charge in [0.15, 0.2) is 0 Å². The van der Waals surface area contributed by atoms with Gasteiger partial charge in [-0.25, -0.2) is 8.42 Å². The molecule has 0 saturated heterocycles. The molecule has 0 radical (unpaired) electrons. The number of benzene rings is 2. The fraction of sp³-hybridized carbons (Fsp3) is 0.133. The molecule has 21 heavy (non-hydrogen) atoms. The van der Waals surface area contributed by atoms with Gasteiger partial charge in [-0.05, 0) is 43.7 Å². The van der Waals surface area contributed by atoms with Crippen LogP contribution in [0.2, 0.25) is 5.02 Å². The molecule has 2 aromatic rings. The first kappa shape index (κ1) is 15.4. The molecule has 2 rings (SSSR count). The average Bonchev–Trinajstić information content (AvgIpc) is 2.42. The maximum Gasteiger partial charge on any atom is 0.261 e. The number of nitrogens with zero attached hydrogens (tertiary/aromatic N) is 1. The van der Waals surface area contributed by atoms with Crippen molar-refractivity contribution >= 4 is 27.3 Å². The Labute approximate surface area is 129 Å². The largest absolute Gasteiger partial charge is 0.279 e. The lowest BCUT2D eigenvalue weighted by Gasteiger charge is -2.11. The lowest BCUT2D eigenvalue weighted by molar-refractivity contribution is 0.601. The van der Waals surface area contributed by atoms with Gasteiger partial charge in [-0.3, -0.25) is 4.72 Å². The molecule has 2 aromatic carbocycles. The first-order valence-corrected chi connectivity index (χ1v) is 7.99. The molecule has 0 amide bonds. The van der Waals surface area contributed by atoms with Crippen molar-refractivity contribution in [1.29, 1.82) is 5.26 Å². The highest BCUT2D eigenvalue weighted by Crippen LogP contribution is 2.24. The van der Waals surface area contributed by atoms with Crippen LogP contribution in [-0.4, -0.2) is 8.42 Å². The second-order valence-electron chi connectivity index (χ2n) is 4.68. The van der Waals surface area contributed by atoms with Crippen LogP contribution in [0.15, 0.2) is 41.3 Å². The molecule has 0 atom stereocenters. The number of nitrogens with one attached hydrogen (secondary N) is 1. The monoisotopic (exact) mass is 320 g/mol. The van der Waals surface area contributed by atoms with Crippen LogP contribution in [0.25, 0.3) is 0 Å². The highest BCUT2D eigenvalue weighted by atomic mass is 35.5. The zero-order valence-corrected chi connectivity index (χ0v) is 13.1. The summed E-state index contributed by atoms with van der Waals surface area (Å²) in [5.41, 5.74) is 2.64. The molecule has 0 aromatic heterocycles. The summed E-state index contributed by atoms with van der Waals surface area (Å²) in [6.07, 6.45) is 0. The highest BCUT2D eigenvalue weighted by molar-refractivity contribution is 7.92. The Morgan fingerprint density at radius 3 is 2.43 bits per heavy atom. The third kappa shape index (κ3) is 3.35. The number of sulfonamides is 1. The molecule has 0 unspecified atom stereocenters. The van der Waals surface area contributed by atoms with Gasteiger partial charge < -0.3 is 0 Å². The van der Waals surface area contributed by atoms with Crippen molar-refractivity contribution in [2.24, 2.45) is 0 Å². The van der Waals surface area contributed by atoms with Gasteiger partial charge in [0.1, 0.15) is 6.07 Å². The molecule has 0 bridgehead atoms. The standard InChI is InChI=1S/C15H13ClN2O2S/c1-10-3-6-15(11(2)7-10)18-21(19,20)13-5-4-12(9-17)14(16)8-13/h3-8,18H,1-2H3. The summed E-state index contributed by atoms with van der Waals surface area (Å²) in [5, 5.41) is 8.92. The van der Waals surface area contributed by atoms with E-state index in [1.165, 1.54) is 18.2 Å². The summed E-state index contributed by atoms with van der Waals surface area (Å²) in [6.45, 7) is 3.77. The SMILES string of the molecule is Cc1ccc(NS(=O)(=O)c2ccc(C#N)c(Cl)c2)c(C)c1. The molecular weight excluding hydrogens is 308 g/mol. The minimum Gasteiger partial charge on any atom is -0.279 e. The average molecular weight is 321 g/mol. The molecule has 0 saturated carbocycles. The molecule has 4 nitrogen and oxygen atoms in total. The van der Waals surface area contributed by atoms with Gasteiger partial charge in [-0.15, -0.1) is 0 Å². The van der Waals surface area contributed by atoms with Crippen LogP contribution in [0.3, 0.4) is 0 Å². The van der Waals surface area contributed by atoms with Crippen molar-refractivity contribution in [3.8, 4) is 6.07 Å². The van der Waals surface area contributed by atoms with Crippen molar-refractivity contribution < 1.29 is 8.42 Å². The number of hydrogen-bond acceptors (Lipinski definition) is 3. The molecule has 0 aliphatic carbocycles. The Morgan fingerprint density at radius 2 is 1.86 bits per heavy atom. The van der Waals surface area contributed by atoms with Crippen molar-refractivity contribution in [3.05, 3.63) is 58.1 Å². The Kier molecular flexibility index (Phi) is 4.21. The van der Waals surface area contributed by atoms with Crippen molar-refractivity contribution in [2.45, 2.75) is 18.7 Å². The van der Waals surface area contributed by atoms with Gasteiger partial charge >= 0.3 is 0 Å². The minimum absolute atomic E-state index is 0.0199. The van der Waals surface area contributed by atoms with E-state index < -0.39 is 10.0 Å². The summed E-state index contributed by atoms with van der Waals surface area (Å²) in [6, 6.07) is 11.3. The van der Waals surface area contributed by atoms with Crippen LogP contribution < -0.4 is 4.72 Å². The van der Waals surface area contributed by atoms with Gasteiger partial charge in [0, 0.05) is 0 Å². The fourth-order valence-electron chi connectivity index (χ4n) is 1.89. The second kappa shape index (κ2) is 5.76. The van der Waals surface area contributed by atoms with E-state index in [1.54, 1.807) is 6.07 Å². The van der Waals surface area contributed by atoms with E-state index in [-0.39, 0.29) is 15.5 Å². The normalized spacial score (nSPS) is 11.0. The quantitative estimate of drug-likeness (QED) is 0.938. The van der Waals surface area contributed by atoms with Crippen LogP contribution in [0.4, 0.5) is 5.69 Å². The first-order valence-electron chi connectivity index (χ1n) is 6.13. The zero-order chi connectivity index (χ0) is 15.6. The number of aryl methyl sites for hydroxylation is 2. The van der Waals surface area contributed by atoms with E-state index in [1.807, 2.05) is 32.0 Å². The molecule has 0 spiro atoms. The molecule has 1 N–H and O–H groups in total. The highest BCUT2D eigenvalue weighted by Gasteiger charge is 2.16. The van der Waals surface area contributed by atoms with E-state index in [0.29, 0.717) is 5.69 Å². The molecule has 0 aliphatic rings. The van der Waals surface area contributed by atoms with Crippen LogP contribution in [0.5, 0.6) is 0 Å². The number of rotatable bonds is 3. The van der Waals surface area contributed by atoms with E-state index in [4.69, 9.17) is 16.9 Å². The van der Waals surface area contributed by atoms with Crippen molar-refractivity contribution in [1.82, 2.24) is 0 Å². The molecule has 0 aliphatic heterocycles. The Bertz CT molecular complexity index is 839. The third-order valence-corrected chi connectivity index (χ3v) is 4.67. The Balaban J connectivity index is 2.39.